The Morgan fingerprint density at radius 2 is 1.58 bits per heavy atom. The van der Waals surface area contributed by atoms with Crippen LogP contribution in [0, 0.1) is 0 Å². The van der Waals surface area contributed by atoms with Gasteiger partial charge in [0, 0.05) is 6.08 Å². The molecule has 1 aromatic heterocycles. The van der Waals surface area contributed by atoms with Crippen molar-refractivity contribution in [2.24, 2.45) is 0 Å². The standard InChI is InChI=1S/C19H15N3O2/c1-2-4-14(5-3-1)15-6-8-16(9-7-15)18-10-19(22-24-18)23-17-11-20-13-21-12-17/h1-13,18,22H/t18-/m1/s1. The van der Waals surface area contributed by atoms with Crippen LogP contribution in [0.2, 0.25) is 0 Å². The molecule has 0 saturated carbocycles. The van der Waals surface area contributed by atoms with Gasteiger partial charge in [0.1, 0.15) is 12.4 Å². The number of hydrogen-bond donors (Lipinski definition) is 1. The summed E-state index contributed by atoms with van der Waals surface area (Å²) in [5.41, 5.74) is 6.20. The van der Waals surface area contributed by atoms with E-state index in [2.05, 4.69) is 51.8 Å². The molecule has 0 amide bonds. The maximum Gasteiger partial charge on any atom is 0.216 e. The maximum absolute atomic E-state index is 5.62. The van der Waals surface area contributed by atoms with Crippen LogP contribution in [0.1, 0.15) is 11.7 Å². The number of rotatable bonds is 4. The van der Waals surface area contributed by atoms with E-state index in [1.807, 2.05) is 24.3 Å². The van der Waals surface area contributed by atoms with Crippen molar-refractivity contribution in [2.75, 3.05) is 0 Å². The number of aromatic nitrogens is 2. The van der Waals surface area contributed by atoms with Crippen molar-refractivity contribution >= 4 is 0 Å². The highest BCUT2D eigenvalue weighted by molar-refractivity contribution is 5.63. The number of hydrogen-bond acceptors (Lipinski definition) is 5. The monoisotopic (exact) mass is 317 g/mol. The average Bonchev–Trinajstić information content (AvgIpc) is 3.12. The van der Waals surface area contributed by atoms with Gasteiger partial charge in [-0.3, -0.25) is 4.84 Å². The van der Waals surface area contributed by atoms with E-state index in [4.69, 9.17) is 9.57 Å². The Labute approximate surface area is 139 Å². The molecule has 0 aliphatic carbocycles. The van der Waals surface area contributed by atoms with E-state index in [1.165, 1.54) is 17.5 Å². The number of benzene rings is 2. The van der Waals surface area contributed by atoms with Gasteiger partial charge in [-0.2, -0.15) is 0 Å². The molecular weight excluding hydrogens is 302 g/mol. The van der Waals surface area contributed by atoms with Gasteiger partial charge >= 0.3 is 0 Å². The molecule has 3 aromatic rings. The molecule has 5 heteroatoms. The van der Waals surface area contributed by atoms with Crippen LogP contribution < -0.4 is 10.2 Å². The number of nitrogens with one attached hydrogen (secondary N) is 1. The van der Waals surface area contributed by atoms with Crippen molar-refractivity contribution in [2.45, 2.75) is 6.10 Å². The first-order valence-corrected chi connectivity index (χ1v) is 7.60. The summed E-state index contributed by atoms with van der Waals surface area (Å²) in [6.45, 7) is 0. The highest BCUT2D eigenvalue weighted by atomic mass is 16.7. The summed E-state index contributed by atoms with van der Waals surface area (Å²) in [5, 5.41) is 0. The lowest BCUT2D eigenvalue weighted by Gasteiger charge is -2.08. The SMILES string of the molecule is C1=C(Oc2cncnc2)NO[C@H]1c1ccc(-c2ccccc2)cc1. The Morgan fingerprint density at radius 3 is 2.33 bits per heavy atom. The second-order valence-corrected chi connectivity index (χ2v) is 5.34. The zero-order chi connectivity index (χ0) is 16.2. The number of hydroxylamine groups is 1. The van der Waals surface area contributed by atoms with Gasteiger partial charge in [0.2, 0.25) is 5.88 Å². The lowest BCUT2D eigenvalue weighted by molar-refractivity contribution is 0.0273. The van der Waals surface area contributed by atoms with Crippen molar-refractivity contribution in [3.8, 4) is 16.9 Å². The lowest BCUT2D eigenvalue weighted by Crippen LogP contribution is -2.12. The number of nitrogens with zero attached hydrogens (tertiary/aromatic N) is 2. The van der Waals surface area contributed by atoms with Crippen molar-refractivity contribution in [3.63, 3.8) is 0 Å². The quantitative estimate of drug-likeness (QED) is 0.796. The van der Waals surface area contributed by atoms with Crippen LogP contribution >= 0.6 is 0 Å². The van der Waals surface area contributed by atoms with Gasteiger partial charge in [0.15, 0.2) is 5.75 Å². The fourth-order valence-electron chi connectivity index (χ4n) is 2.51. The Hall–Kier alpha value is -3.18. The van der Waals surface area contributed by atoms with Crippen LogP contribution in [-0.4, -0.2) is 9.97 Å². The predicted molar refractivity (Wildman–Crippen MR) is 89.6 cm³/mol. The van der Waals surface area contributed by atoms with Gasteiger partial charge in [0.25, 0.3) is 0 Å². The summed E-state index contributed by atoms with van der Waals surface area (Å²) < 4.78 is 5.62. The Kier molecular flexibility index (Phi) is 3.91. The molecule has 0 radical (unpaired) electrons. The van der Waals surface area contributed by atoms with Crippen molar-refractivity contribution < 1.29 is 9.57 Å². The highest BCUT2D eigenvalue weighted by Crippen LogP contribution is 2.27. The first kappa shape index (κ1) is 14.4. The fraction of sp³-hybridized carbons (Fsp3) is 0.0526. The molecule has 118 valence electrons. The van der Waals surface area contributed by atoms with Crippen LogP contribution in [0.25, 0.3) is 11.1 Å². The molecule has 2 aromatic carbocycles. The van der Waals surface area contributed by atoms with E-state index in [0.29, 0.717) is 11.6 Å². The molecule has 1 aliphatic rings. The van der Waals surface area contributed by atoms with Crippen molar-refractivity contribution in [1.29, 1.82) is 0 Å². The van der Waals surface area contributed by atoms with Gasteiger partial charge in [-0.05, 0) is 16.7 Å². The molecule has 5 nitrogen and oxygen atoms in total. The summed E-state index contributed by atoms with van der Waals surface area (Å²) in [6.07, 6.45) is 6.32. The predicted octanol–water partition coefficient (Wildman–Crippen LogP) is 3.64. The third-order valence-electron chi connectivity index (χ3n) is 3.70. The molecule has 1 N–H and O–H groups in total. The molecule has 0 bridgehead atoms. The minimum absolute atomic E-state index is 0.200. The molecule has 24 heavy (non-hydrogen) atoms. The van der Waals surface area contributed by atoms with E-state index >= 15 is 0 Å². The summed E-state index contributed by atoms with van der Waals surface area (Å²) >= 11 is 0. The lowest BCUT2D eigenvalue weighted by atomic mass is 10.0. The van der Waals surface area contributed by atoms with E-state index in [1.54, 1.807) is 12.4 Å². The first-order chi connectivity index (χ1) is 11.9. The van der Waals surface area contributed by atoms with Crippen molar-refractivity contribution in [3.05, 3.63) is 90.8 Å². The van der Waals surface area contributed by atoms with Crippen LogP contribution in [0.3, 0.4) is 0 Å². The van der Waals surface area contributed by atoms with Gasteiger partial charge in [0.05, 0.1) is 12.4 Å². The topological polar surface area (TPSA) is 56.3 Å². The summed E-state index contributed by atoms with van der Waals surface area (Å²) in [6, 6.07) is 18.6. The molecule has 0 saturated heterocycles. The molecular formula is C19H15N3O2. The third kappa shape index (κ3) is 3.11. The zero-order valence-corrected chi connectivity index (χ0v) is 12.8. The Morgan fingerprint density at radius 1 is 0.875 bits per heavy atom. The Bertz CT molecular complexity index is 834. The zero-order valence-electron chi connectivity index (χ0n) is 12.8. The Balaban J connectivity index is 1.48. The van der Waals surface area contributed by atoms with Gasteiger partial charge in [-0.15, -0.1) is 0 Å². The highest BCUT2D eigenvalue weighted by Gasteiger charge is 2.20. The van der Waals surface area contributed by atoms with E-state index in [0.717, 1.165) is 5.56 Å². The van der Waals surface area contributed by atoms with Crippen LogP contribution in [0.4, 0.5) is 0 Å². The largest absolute Gasteiger partial charge is 0.436 e. The molecule has 0 unspecified atom stereocenters. The maximum atomic E-state index is 5.62. The summed E-state index contributed by atoms with van der Waals surface area (Å²) in [7, 11) is 0. The normalized spacial score (nSPS) is 16.3. The second-order valence-electron chi connectivity index (χ2n) is 5.34. The van der Waals surface area contributed by atoms with E-state index in [9.17, 15) is 0 Å². The summed E-state index contributed by atoms with van der Waals surface area (Å²) in [5.74, 6) is 1.09. The molecule has 1 aliphatic heterocycles. The minimum atomic E-state index is -0.200. The second kappa shape index (κ2) is 6.52. The van der Waals surface area contributed by atoms with E-state index in [-0.39, 0.29) is 6.10 Å². The van der Waals surface area contributed by atoms with Gasteiger partial charge in [-0.25, -0.2) is 15.4 Å². The fourth-order valence-corrected chi connectivity index (χ4v) is 2.51. The molecule has 0 fully saturated rings. The molecule has 2 heterocycles. The minimum Gasteiger partial charge on any atom is -0.436 e. The van der Waals surface area contributed by atoms with E-state index < -0.39 is 0 Å². The molecule has 1 atom stereocenters. The molecule has 0 spiro atoms. The van der Waals surface area contributed by atoms with Crippen LogP contribution in [0.5, 0.6) is 5.75 Å². The smallest absolute Gasteiger partial charge is 0.216 e. The van der Waals surface area contributed by atoms with Crippen molar-refractivity contribution in [1.82, 2.24) is 15.4 Å². The third-order valence-corrected chi connectivity index (χ3v) is 3.70. The first-order valence-electron chi connectivity index (χ1n) is 7.60. The summed E-state index contributed by atoms with van der Waals surface area (Å²) in [4.78, 5) is 13.4. The van der Waals surface area contributed by atoms with Gasteiger partial charge in [-0.1, -0.05) is 54.6 Å². The average molecular weight is 317 g/mol. The van der Waals surface area contributed by atoms with Crippen LogP contribution in [0.15, 0.2) is 85.3 Å². The van der Waals surface area contributed by atoms with Gasteiger partial charge < -0.3 is 4.74 Å². The number of ether oxygens (including phenoxy) is 1. The van der Waals surface area contributed by atoms with Crippen LogP contribution in [-0.2, 0) is 4.84 Å². The molecule has 4 rings (SSSR count).